The van der Waals surface area contributed by atoms with Crippen LogP contribution in [0.15, 0.2) is 40.5 Å². The Labute approximate surface area is 168 Å². The van der Waals surface area contributed by atoms with Crippen LogP contribution >= 0.6 is 11.8 Å². The summed E-state index contributed by atoms with van der Waals surface area (Å²) in [5.41, 5.74) is 2.39. The minimum atomic E-state index is -0.315. The van der Waals surface area contributed by atoms with E-state index in [0.29, 0.717) is 12.5 Å². The van der Waals surface area contributed by atoms with Crippen LogP contribution in [0, 0.1) is 5.92 Å². The van der Waals surface area contributed by atoms with E-state index in [1.54, 1.807) is 24.2 Å². The van der Waals surface area contributed by atoms with Crippen LogP contribution in [-0.2, 0) is 20.8 Å². The topological polar surface area (TPSA) is 76.6 Å². The summed E-state index contributed by atoms with van der Waals surface area (Å²) in [5, 5.41) is 4.31. The van der Waals surface area contributed by atoms with Crippen LogP contribution in [0.25, 0.3) is 0 Å². The number of esters is 1. The molecule has 0 saturated carbocycles. The monoisotopic (exact) mass is 400 g/mol. The van der Waals surface area contributed by atoms with Crippen LogP contribution in [0.4, 0.5) is 11.5 Å². The van der Waals surface area contributed by atoms with E-state index in [4.69, 9.17) is 4.74 Å². The number of carbonyl (C=O) groups excluding carboxylic acids is 1. The number of aromatic nitrogens is 2. The van der Waals surface area contributed by atoms with E-state index in [1.807, 2.05) is 0 Å². The van der Waals surface area contributed by atoms with Crippen LogP contribution in [0.1, 0.15) is 18.4 Å². The first-order valence-corrected chi connectivity index (χ1v) is 10.3. The van der Waals surface area contributed by atoms with Gasteiger partial charge in [0.05, 0.1) is 19.4 Å². The summed E-state index contributed by atoms with van der Waals surface area (Å²) in [7, 11) is 1.38. The highest BCUT2D eigenvalue weighted by molar-refractivity contribution is 7.99. The van der Waals surface area contributed by atoms with E-state index in [9.17, 15) is 4.79 Å². The van der Waals surface area contributed by atoms with Gasteiger partial charge in [-0.1, -0.05) is 17.8 Å². The van der Waals surface area contributed by atoms with Crippen molar-refractivity contribution in [3.8, 4) is 0 Å². The number of hydrogen-bond acceptors (Lipinski definition) is 8. The SMILES string of the molecule is COC(=O)COCC1CCN(Cc2ccc3c(c2)Nc2nccnc2S3)CC1. The van der Waals surface area contributed by atoms with E-state index in [0.717, 1.165) is 49.0 Å². The second-order valence-corrected chi connectivity index (χ2v) is 8.11. The Kier molecular flexibility index (Phi) is 6.09. The average Bonchev–Trinajstić information content (AvgIpc) is 2.73. The Morgan fingerprint density at radius 1 is 1.29 bits per heavy atom. The van der Waals surface area contributed by atoms with E-state index >= 15 is 0 Å². The molecule has 2 aliphatic rings. The van der Waals surface area contributed by atoms with Crippen molar-refractivity contribution in [1.29, 1.82) is 0 Å². The molecule has 2 aliphatic heterocycles. The lowest BCUT2D eigenvalue weighted by Crippen LogP contribution is -2.35. The number of benzene rings is 1. The fourth-order valence-corrected chi connectivity index (χ4v) is 4.40. The average molecular weight is 401 g/mol. The van der Waals surface area contributed by atoms with Crippen LogP contribution in [0.2, 0.25) is 0 Å². The molecule has 2 aromatic rings. The van der Waals surface area contributed by atoms with Gasteiger partial charge in [0.2, 0.25) is 0 Å². The van der Waals surface area contributed by atoms with Crippen LogP contribution in [0.3, 0.4) is 0 Å². The molecule has 3 heterocycles. The number of methoxy groups -OCH3 is 1. The van der Waals surface area contributed by atoms with Gasteiger partial charge >= 0.3 is 5.97 Å². The molecule has 0 atom stereocenters. The molecule has 1 aromatic heterocycles. The third kappa shape index (κ3) is 4.63. The maximum Gasteiger partial charge on any atom is 0.331 e. The molecule has 0 unspecified atom stereocenters. The number of nitrogens with one attached hydrogen (secondary N) is 1. The Bertz CT molecular complexity index is 840. The van der Waals surface area contributed by atoms with E-state index in [-0.39, 0.29) is 12.6 Å². The number of fused-ring (bicyclic) bond motifs is 2. The summed E-state index contributed by atoms with van der Waals surface area (Å²) >= 11 is 1.65. The van der Waals surface area contributed by atoms with Crippen molar-refractivity contribution >= 4 is 29.2 Å². The first-order valence-electron chi connectivity index (χ1n) is 9.47. The Morgan fingerprint density at radius 2 is 2.11 bits per heavy atom. The van der Waals surface area contributed by atoms with Crippen molar-refractivity contribution in [3.63, 3.8) is 0 Å². The molecule has 8 heteroatoms. The van der Waals surface area contributed by atoms with E-state index in [2.05, 4.69) is 43.1 Å². The zero-order valence-corrected chi connectivity index (χ0v) is 16.7. The molecule has 1 fully saturated rings. The maximum atomic E-state index is 11.1. The van der Waals surface area contributed by atoms with Crippen molar-refractivity contribution in [2.45, 2.75) is 29.3 Å². The minimum absolute atomic E-state index is 0.0460. The van der Waals surface area contributed by atoms with Gasteiger partial charge in [0.15, 0.2) is 5.82 Å². The molecule has 7 nitrogen and oxygen atoms in total. The summed E-state index contributed by atoms with van der Waals surface area (Å²) in [6.07, 6.45) is 5.60. The summed E-state index contributed by atoms with van der Waals surface area (Å²) in [6.45, 7) is 3.69. The largest absolute Gasteiger partial charge is 0.467 e. The highest BCUT2D eigenvalue weighted by Gasteiger charge is 2.21. The number of rotatable bonds is 6. The molecule has 1 aromatic carbocycles. The zero-order chi connectivity index (χ0) is 19.3. The molecular weight excluding hydrogens is 376 g/mol. The highest BCUT2D eigenvalue weighted by atomic mass is 32.2. The third-order valence-corrected chi connectivity index (χ3v) is 6.15. The molecule has 1 saturated heterocycles. The number of piperidine rings is 1. The predicted octanol–water partition coefficient (Wildman–Crippen LogP) is 3.09. The molecule has 148 valence electrons. The van der Waals surface area contributed by atoms with Crippen LogP contribution in [0.5, 0.6) is 0 Å². The molecule has 28 heavy (non-hydrogen) atoms. The quantitative estimate of drug-likeness (QED) is 0.633. The van der Waals surface area contributed by atoms with Crippen molar-refractivity contribution in [1.82, 2.24) is 14.9 Å². The molecule has 0 aliphatic carbocycles. The smallest absolute Gasteiger partial charge is 0.331 e. The summed E-state index contributed by atoms with van der Waals surface area (Å²) < 4.78 is 10.1. The lowest BCUT2D eigenvalue weighted by atomic mass is 9.97. The highest BCUT2D eigenvalue weighted by Crippen LogP contribution is 2.42. The van der Waals surface area contributed by atoms with Gasteiger partial charge in [-0.25, -0.2) is 14.8 Å². The fourth-order valence-electron chi connectivity index (χ4n) is 3.52. The Hall–Kier alpha value is -2.16. The number of anilines is 2. The molecular formula is C20H24N4O3S. The predicted molar refractivity (Wildman–Crippen MR) is 107 cm³/mol. The molecule has 0 radical (unpaired) electrons. The Balaban J connectivity index is 1.28. The fraction of sp³-hybridized carbons (Fsp3) is 0.450. The van der Waals surface area contributed by atoms with Gasteiger partial charge < -0.3 is 14.8 Å². The standard InChI is InChI=1S/C20H24N4O3S/c1-26-18(25)13-27-12-14-4-8-24(9-5-14)11-15-2-3-17-16(10-15)23-19-20(28-17)22-7-6-21-19/h2-3,6-7,10,14H,4-5,8-9,11-13H2,1H3,(H,21,23). The van der Waals surface area contributed by atoms with Crippen LogP contribution in [-0.4, -0.2) is 54.3 Å². The number of ether oxygens (including phenoxy) is 2. The summed E-state index contributed by atoms with van der Waals surface area (Å²) in [5.74, 6) is 1.02. The lowest BCUT2D eigenvalue weighted by molar-refractivity contribution is -0.146. The van der Waals surface area contributed by atoms with Crippen LogP contribution < -0.4 is 5.32 Å². The van der Waals surface area contributed by atoms with Crippen molar-refractivity contribution in [2.75, 3.05) is 38.7 Å². The molecule has 1 N–H and O–H groups in total. The third-order valence-electron chi connectivity index (χ3n) is 5.08. The van der Waals surface area contributed by atoms with Gasteiger partial charge in [-0.15, -0.1) is 0 Å². The second kappa shape index (κ2) is 8.89. The van der Waals surface area contributed by atoms with Crippen molar-refractivity contribution < 1.29 is 14.3 Å². The number of nitrogens with zero attached hydrogens (tertiary/aromatic N) is 3. The van der Waals surface area contributed by atoms with Gasteiger partial charge in [0.1, 0.15) is 11.6 Å². The summed E-state index contributed by atoms with van der Waals surface area (Å²) in [6, 6.07) is 6.57. The first-order chi connectivity index (χ1) is 13.7. The second-order valence-electron chi connectivity index (χ2n) is 7.08. The normalized spacial score (nSPS) is 16.8. The molecule has 0 spiro atoms. The van der Waals surface area contributed by atoms with Gasteiger partial charge in [0, 0.05) is 23.8 Å². The van der Waals surface area contributed by atoms with E-state index in [1.165, 1.54) is 17.6 Å². The number of carbonyl (C=O) groups is 1. The Morgan fingerprint density at radius 3 is 2.93 bits per heavy atom. The van der Waals surface area contributed by atoms with Gasteiger partial charge in [-0.05, 0) is 49.5 Å². The van der Waals surface area contributed by atoms with Gasteiger partial charge in [-0.3, -0.25) is 4.90 Å². The number of hydrogen-bond donors (Lipinski definition) is 1. The van der Waals surface area contributed by atoms with Gasteiger partial charge in [0.25, 0.3) is 0 Å². The zero-order valence-electron chi connectivity index (χ0n) is 15.9. The summed E-state index contributed by atoms with van der Waals surface area (Å²) in [4.78, 5) is 23.5. The molecule has 0 bridgehead atoms. The van der Waals surface area contributed by atoms with E-state index < -0.39 is 0 Å². The molecule has 4 rings (SSSR count). The first kappa shape index (κ1) is 19.2. The molecule has 0 amide bonds. The van der Waals surface area contributed by atoms with Crippen molar-refractivity contribution in [2.24, 2.45) is 5.92 Å². The van der Waals surface area contributed by atoms with Gasteiger partial charge in [-0.2, -0.15) is 0 Å². The minimum Gasteiger partial charge on any atom is -0.467 e. The lowest BCUT2D eigenvalue weighted by Gasteiger charge is -2.32. The maximum absolute atomic E-state index is 11.1. The number of likely N-dealkylation sites (tertiary alicyclic amines) is 1. The van der Waals surface area contributed by atoms with Crippen molar-refractivity contribution in [3.05, 3.63) is 36.2 Å².